The SMILES string of the molecule is O=C(O)c1ccc(OCC2CC(=O)N(c3ccc(OCCn4ccnc4)cc3)C2)cc1. The second-order valence-electron chi connectivity index (χ2n) is 7.36. The molecule has 1 saturated heterocycles. The fraction of sp³-hybridized carbons (Fsp3) is 0.261. The number of aromatic nitrogens is 2. The molecule has 3 aromatic rings. The number of amides is 1. The van der Waals surface area contributed by atoms with Gasteiger partial charge < -0.3 is 24.0 Å². The van der Waals surface area contributed by atoms with Gasteiger partial charge in [0.2, 0.25) is 5.91 Å². The van der Waals surface area contributed by atoms with E-state index < -0.39 is 5.97 Å². The Kier molecular flexibility index (Phi) is 6.16. The van der Waals surface area contributed by atoms with E-state index in [4.69, 9.17) is 14.6 Å². The van der Waals surface area contributed by atoms with Crippen molar-refractivity contribution < 1.29 is 24.2 Å². The topological polar surface area (TPSA) is 93.9 Å². The highest BCUT2D eigenvalue weighted by Crippen LogP contribution is 2.27. The zero-order valence-electron chi connectivity index (χ0n) is 16.9. The van der Waals surface area contributed by atoms with Gasteiger partial charge >= 0.3 is 5.97 Å². The number of nitrogens with zero attached hydrogens (tertiary/aromatic N) is 3. The molecule has 2 heterocycles. The highest BCUT2D eigenvalue weighted by Gasteiger charge is 2.31. The van der Waals surface area contributed by atoms with Gasteiger partial charge in [-0.25, -0.2) is 9.78 Å². The van der Waals surface area contributed by atoms with Crippen molar-refractivity contribution in [3.05, 3.63) is 72.8 Å². The van der Waals surface area contributed by atoms with Crippen LogP contribution in [-0.2, 0) is 11.3 Å². The lowest BCUT2D eigenvalue weighted by molar-refractivity contribution is -0.117. The summed E-state index contributed by atoms with van der Waals surface area (Å²) < 4.78 is 13.4. The van der Waals surface area contributed by atoms with E-state index in [9.17, 15) is 9.59 Å². The van der Waals surface area contributed by atoms with Crippen LogP contribution in [0.4, 0.5) is 5.69 Å². The van der Waals surface area contributed by atoms with Crippen molar-refractivity contribution >= 4 is 17.6 Å². The zero-order valence-corrected chi connectivity index (χ0v) is 16.9. The minimum absolute atomic E-state index is 0.0589. The van der Waals surface area contributed by atoms with Gasteiger partial charge in [-0.3, -0.25) is 4.79 Å². The number of anilines is 1. The van der Waals surface area contributed by atoms with Gasteiger partial charge in [-0.2, -0.15) is 0 Å². The number of hydrogen-bond donors (Lipinski definition) is 1. The third kappa shape index (κ3) is 5.22. The predicted octanol–water partition coefficient (Wildman–Crippen LogP) is 3.09. The van der Waals surface area contributed by atoms with E-state index in [2.05, 4.69) is 4.98 Å². The van der Waals surface area contributed by atoms with Crippen molar-refractivity contribution in [1.29, 1.82) is 0 Å². The van der Waals surface area contributed by atoms with Crippen LogP contribution in [-0.4, -0.2) is 46.3 Å². The molecule has 1 amide bonds. The van der Waals surface area contributed by atoms with Gasteiger partial charge in [0.15, 0.2) is 0 Å². The number of carboxylic acid groups (broad SMARTS) is 1. The number of carbonyl (C=O) groups excluding carboxylic acids is 1. The van der Waals surface area contributed by atoms with Crippen molar-refractivity contribution in [3.63, 3.8) is 0 Å². The number of carbonyl (C=O) groups is 2. The van der Waals surface area contributed by atoms with Gasteiger partial charge in [0.25, 0.3) is 0 Å². The quantitative estimate of drug-likeness (QED) is 0.571. The summed E-state index contributed by atoms with van der Waals surface area (Å²) in [5.74, 6) is 0.493. The van der Waals surface area contributed by atoms with Crippen LogP contribution in [0.2, 0.25) is 0 Å². The second kappa shape index (κ2) is 9.34. The van der Waals surface area contributed by atoms with E-state index in [-0.39, 0.29) is 17.4 Å². The van der Waals surface area contributed by atoms with E-state index >= 15 is 0 Å². The number of aromatic carboxylic acids is 1. The molecule has 2 aromatic carbocycles. The molecule has 1 aromatic heterocycles. The molecular weight excluding hydrogens is 398 g/mol. The molecular formula is C23H23N3O5. The van der Waals surface area contributed by atoms with Gasteiger partial charge in [-0.1, -0.05) is 0 Å². The second-order valence-corrected chi connectivity index (χ2v) is 7.36. The molecule has 1 unspecified atom stereocenters. The molecule has 160 valence electrons. The van der Waals surface area contributed by atoms with Crippen LogP contribution in [0.15, 0.2) is 67.3 Å². The Morgan fingerprint density at radius 3 is 2.45 bits per heavy atom. The third-order valence-corrected chi connectivity index (χ3v) is 5.12. The maximum Gasteiger partial charge on any atom is 0.335 e. The first kappa shape index (κ1) is 20.5. The van der Waals surface area contributed by atoms with Gasteiger partial charge in [0.1, 0.15) is 18.1 Å². The van der Waals surface area contributed by atoms with Gasteiger partial charge in [0, 0.05) is 37.0 Å². The summed E-state index contributed by atoms with van der Waals surface area (Å²) in [5.41, 5.74) is 1.05. The van der Waals surface area contributed by atoms with E-state index in [1.165, 1.54) is 12.1 Å². The van der Waals surface area contributed by atoms with E-state index in [0.717, 1.165) is 11.4 Å². The third-order valence-electron chi connectivity index (χ3n) is 5.12. The smallest absolute Gasteiger partial charge is 0.335 e. The van der Waals surface area contributed by atoms with Crippen molar-refractivity contribution in [2.75, 3.05) is 24.7 Å². The monoisotopic (exact) mass is 421 g/mol. The van der Waals surface area contributed by atoms with Crippen molar-refractivity contribution in [1.82, 2.24) is 9.55 Å². The maximum absolute atomic E-state index is 12.5. The lowest BCUT2D eigenvalue weighted by Gasteiger charge is -2.17. The minimum atomic E-state index is -0.974. The molecule has 0 radical (unpaired) electrons. The molecule has 0 aliphatic carbocycles. The predicted molar refractivity (Wildman–Crippen MR) is 114 cm³/mol. The van der Waals surface area contributed by atoms with Crippen molar-refractivity contribution in [2.24, 2.45) is 5.92 Å². The number of ether oxygens (including phenoxy) is 2. The summed E-state index contributed by atoms with van der Waals surface area (Å²) in [5, 5.41) is 8.95. The Hall–Kier alpha value is -3.81. The summed E-state index contributed by atoms with van der Waals surface area (Å²) in [4.78, 5) is 29.1. The number of imidazole rings is 1. The van der Waals surface area contributed by atoms with Gasteiger partial charge in [-0.15, -0.1) is 0 Å². The summed E-state index contributed by atoms with van der Waals surface area (Å²) in [7, 11) is 0. The Labute approximate surface area is 179 Å². The minimum Gasteiger partial charge on any atom is -0.493 e. The van der Waals surface area contributed by atoms with E-state index in [0.29, 0.717) is 38.5 Å². The molecule has 0 bridgehead atoms. The molecule has 1 aliphatic heterocycles. The standard InChI is InChI=1S/C23H23N3O5/c27-22-13-17(15-31-21-5-1-18(2-6-21)23(28)29)14-26(22)19-3-7-20(8-4-19)30-12-11-25-10-9-24-16-25/h1-10,16-17H,11-15H2,(H,28,29). The Bertz CT molecular complexity index is 1020. The fourth-order valence-corrected chi connectivity index (χ4v) is 3.46. The lowest BCUT2D eigenvalue weighted by atomic mass is 10.1. The van der Waals surface area contributed by atoms with Crippen LogP contribution in [0.25, 0.3) is 0 Å². The van der Waals surface area contributed by atoms with Crippen LogP contribution >= 0.6 is 0 Å². The summed E-state index contributed by atoms with van der Waals surface area (Å²) in [6.45, 7) is 2.22. The van der Waals surface area contributed by atoms with E-state index in [1.807, 2.05) is 35.0 Å². The molecule has 8 heteroatoms. The number of hydrogen-bond acceptors (Lipinski definition) is 5. The van der Waals surface area contributed by atoms with Crippen LogP contribution in [0.1, 0.15) is 16.8 Å². The average Bonchev–Trinajstić information content (AvgIpc) is 3.43. The normalized spacial score (nSPS) is 15.8. The van der Waals surface area contributed by atoms with Crippen LogP contribution in [0.3, 0.4) is 0 Å². The van der Waals surface area contributed by atoms with Crippen LogP contribution < -0.4 is 14.4 Å². The highest BCUT2D eigenvalue weighted by molar-refractivity contribution is 5.95. The van der Waals surface area contributed by atoms with Gasteiger partial charge in [0.05, 0.1) is 25.0 Å². The molecule has 1 aliphatic rings. The molecule has 1 N–H and O–H groups in total. The van der Waals surface area contributed by atoms with E-state index in [1.54, 1.807) is 29.6 Å². The fourth-order valence-electron chi connectivity index (χ4n) is 3.46. The lowest BCUT2D eigenvalue weighted by Crippen LogP contribution is -2.25. The highest BCUT2D eigenvalue weighted by atomic mass is 16.5. The summed E-state index contributed by atoms with van der Waals surface area (Å²) >= 11 is 0. The van der Waals surface area contributed by atoms with Gasteiger partial charge in [-0.05, 0) is 48.5 Å². The molecule has 0 saturated carbocycles. The Balaban J connectivity index is 1.27. The first-order valence-electron chi connectivity index (χ1n) is 10.0. The molecule has 31 heavy (non-hydrogen) atoms. The molecule has 0 spiro atoms. The zero-order chi connectivity index (χ0) is 21.6. The molecule has 4 rings (SSSR count). The van der Waals surface area contributed by atoms with Crippen molar-refractivity contribution in [3.8, 4) is 11.5 Å². The van der Waals surface area contributed by atoms with Crippen LogP contribution in [0.5, 0.6) is 11.5 Å². The first-order chi connectivity index (χ1) is 15.1. The largest absolute Gasteiger partial charge is 0.493 e. The number of rotatable bonds is 9. The number of carboxylic acids is 1. The molecule has 1 fully saturated rings. The Morgan fingerprint density at radius 2 is 1.77 bits per heavy atom. The average molecular weight is 421 g/mol. The Morgan fingerprint density at radius 1 is 1.06 bits per heavy atom. The molecule has 8 nitrogen and oxygen atoms in total. The summed E-state index contributed by atoms with van der Waals surface area (Å²) in [6.07, 6.45) is 5.78. The number of benzene rings is 2. The maximum atomic E-state index is 12.5. The summed E-state index contributed by atoms with van der Waals surface area (Å²) in [6, 6.07) is 13.8. The molecule has 1 atom stereocenters. The van der Waals surface area contributed by atoms with Crippen LogP contribution in [0, 0.1) is 5.92 Å². The first-order valence-corrected chi connectivity index (χ1v) is 10.0. The van der Waals surface area contributed by atoms with Crippen molar-refractivity contribution in [2.45, 2.75) is 13.0 Å².